The number of hydrogen-bond donors (Lipinski definition) is 0. The SMILES string of the molecule is c1ccc(-c2cc(-c3cccc(-c4cccc(-c5ccc6c(c5)C5(c7ccccc7Oc7ccccc75)c5cc7oc8ccccc8c7cc5-6)c4)c3)nc(-c3ccccc3)n2)cc1. The van der Waals surface area contributed by atoms with E-state index in [9.17, 15) is 0 Å². The Morgan fingerprint density at radius 1 is 0.317 bits per heavy atom. The number of aromatic nitrogens is 2. The Hall–Kier alpha value is -8.34. The summed E-state index contributed by atoms with van der Waals surface area (Å²) in [4.78, 5) is 10.1. The molecule has 0 saturated carbocycles. The van der Waals surface area contributed by atoms with E-state index in [1.54, 1.807) is 0 Å². The lowest BCUT2D eigenvalue weighted by atomic mass is 9.66. The zero-order chi connectivity index (χ0) is 41.5. The van der Waals surface area contributed by atoms with Gasteiger partial charge in [-0.25, -0.2) is 9.97 Å². The third-order valence-corrected chi connectivity index (χ3v) is 13.0. The minimum absolute atomic E-state index is 0.639. The van der Waals surface area contributed by atoms with Crippen LogP contribution in [-0.2, 0) is 5.41 Å². The van der Waals surface area contributed by atoms with Crippen LogP contribution in [0.3, 0.4) is 0 Å². The van der Waals surface area contributed by atoms with Crippen LogP contribution in [0.1, 0.15) is 22.3 Å². The second kappa shape index (κ2) is 13.8. The summed E-state index contributed by atoms with van der Waals surface area (Å²) in [6, 6.07) is 77.2. The third-order valence-electron chi connectivity index (χ3n) is 13.0. The summed E-state index contributed by atoms with van der Waals surface area (Å²) in [5.74, 6) is 2.43. The first-order chi connectivity index (χ1) is 31.2. The molecule has 0 unspecified atom stereocenters. The molecule has 1 aliphatic carbocycles. The van der Waals surface area contributed by atoms with Gasteiger partial charge in [0, 0.05) is 38.6 Å². The van der Waals surface area contributed by atoms with Gasteiger partial charge in [0.15, 0.2) is 5.82 Å². The van der Waals surface area contributed by atoms with Crippen molar-refractivity contribution in [3.63, 3.8) is 0 Å². The Morgan fingerprint density at radius 3 is 1.57 bits per heavy atom. The number of fused-ring (bicyclic) bond motifs is 12. The Balaban J connectivity index is 0.963. The number of benzene rings is 9. The molecule has 0 amide bonds. The third kappa shape index (κ3) is 5.48. The fraction of sp³-hybridized carbons (Fsp3) is 0.0169. The van der Waals surface area contributed by atoms with Crippen molar-refractivity contribution in [1.82, 2.24) is 9.97 Å². The predicted octanol–water partition coefficient (Wildman–Crippen LogP) is 15.2. The highest BCUT2D eigenvalue weighted by atomic mass is 16.5. The van der Waals surface area contributed by atoms with E-state index >= 15 is 0 Å². The maximum Gasteiger partial charge on any atom is 0.160 e. The molecule has 2 aliphatic rings. The van der Waals surface area contributed by atoms with Crippen LogP contribution >= 0.6 is 0 Å². The molecular weight excluding hydrogens is 769 g/mol. The van der Waals surface area contributed by atoms with Gasteiger partial charge in [-0.15, -0.1) is 0 Å². The maximum absolute atomic E-state index is 6.68. The highest BCUT2D eigenvalue weighted by Crippen LogP contribution is 2.63. The molecule has 0 radical (unpaired) electrons. The minimum atomic E-state index is -0.639. The Labute approximate surface area is 364 Å². The normalized spacial score (nSPS) is 13.0. The maximum atomic E-state index is 6.68. The van der Waals surface area contributed by atoms with Crippen molar-refractivity contribution in [2.75, 3.05) is 0 Å². The van der Waals surface area contributed by atoms with Gasteiger partial charge in [0.05, 0.1) is 16.8 Å². The smallest absolute Gasteiger partial charge is 0.160 e. The van der Waals surface area contributed by atoms with Crippen molar-refractivity contribution in [1.29, 1.82) is 0 Å². The Morgan fingerprint density at radius 2 is 0.857 bits per heavy atom. The molecule has 0 N–H and O–H groups in total. The highest BCUT2D eigenvalue weighted by Gasteiger charge is 2.51. The Bertz CT molecular complexity index is 3500. The number of ether oxygens (including phenoxy) is 1. The first-order valence-electron chi connectivity index (χ1n) is 21.4. The molecule has 3 heterocycles. The lowest BCUT2D eigenvalue weighted by Crippen LogP contribution is -2.32. The van der Waals surface area contributed by atoms with E-state index in [4.69, 9.17) is 19.1 Å². The van der Waals surface area contributed by atoms with Gasteiger partial charge in [-0.3, -0.25) is 0 Å². The Kier molecular flexibility index (Phi) is 7.79. The monoisotopic (exact) mass is 804 g/mol. The van der Waals surface area contributed by atoms with Gasteiger partial charge in [0.2, 0.25) is 0 Å². The molecule has 1 aliphatic heterocycles. The fourth-order valence-corrected chi connectivity index (χ4v) is 10.1. The minimum Gasteiger partial charge on any atom is -0.457 e. The molecule has 0 saturated heterocycles. The van der Waals surface area contributed by atoms with Gasteiger partial charge in [0.1, 0.15) is 22.7 Å². The van der Waals surface area contributed by atoms with Crippen LogP contribution < -0.4 is 4.74 Å². The van der Waals surface area contributed by atoms with E-state index in [1.807, 2.05) is 42.5 Å². The second-order valence-corrected chi connectivity index (χ2v) is 16.5. The average Bonchev–Trinajstić information content (AvgIpc) is 3.86. The first kappa shape index (κ1) is 35.4. The van der Waals surface area contributed by atoms with Gasteiger partial charge in [-0.1, -0.05) is 164 Å². The van der Waals surface area contributed by atoms with Crippen LogP contribution in [0.4, 0.5) is 0 Å². The first-order valence-corrected chi connectivity index (χ1v) is 21.4. The van der Waals surface area contributed by atoms with E-state index in [1.165, 1.54) is 22.3 Å². The molecular formula is C59H36N2O2. The van der Waals surface area contributed by atoms with Gasteiger partial charge in [-0.05, 0) is 99.1 Å². The van der Waals surface area contributed by atoms with Crippen LogP contribution in [0.5, 0.6) is 11.5 Å². The summed E-state index contributed by atoms with van der Waals surface area (Å²) in [5.41, 5.74) is 17.6. The lowest BCUT2D eigenvalue weighted by Gasteiger charge is -2.39. The quantitative estimate of drug-likeness (QED) is 0.174. The average molecular weight is 805 g/mol. The summed E-state index contributed by atoms with van der Waals surface area (Å²) in [5, 5.41) is 2.24. The van der Waals surface area contributed by atoms with Crippen molar-refractivity contribution in [3.05, 3.63) is 241 Å². The van der Waals surface area contributed by atoms with Crippen LogP contribution in [0, 0.1) is 0 Å². The van der Waals surface area contributed by atoms with E-state index < -0.39 is 5.41 Å². The summed E-state index contributed by atoms with van der Waals surface area (Å²) in [7, 11) is 0. The number of furan rings is 1. The van der Waals surface area contributed by atoms with Crippen LogP contribution in [-0.4, -0.2) is 9.97 Å². The second-order valence-electron chi connectivity index (χ2n) is 16.5. The molecule has 9 aromatic carbocycles. The van der Waals surface area contributed by atoms with Gasteiger partial charge in [-0.2, -0.15) is 0 Å². The number of nitrogens with zero attached hydrogens (tertiary/aromatic N) is 2. The van der Waals surface area contributed by atoms with Crippen LogP contribution in [0.2, 0.25) is 0 Å². The fourth-order valence-electron chi connectivity index (χ4n) is 10.1. The molecule has 0 bridgehead atoms. The van der Waals surface area contributed by atoms with E-state index in [-0.39, 0.29) is 0 Å². The molecule has 4 heteroatoms. The van der Waals surface area contributed by atoms with Crippen molar-refractivity contribution >= 4 is 21.9 Å². The zero-order valence-electron chi connectivity index (χ0n) is 34.0. The van der Waals surface area contributed by atoms with Crippen molar-refractivity contribution in [2.45, 2.75) is 5.41 Å². The molecule has 1 spiro atoms. The summed E-state index contributed by atoms with van der Waals surface area (Å²) >= 11 is 0. The van der Waals surface area contributed by atoms with E-state index in [0.717, 1.165) is 94.9 Å². The van der Waals surface area contributed by atoms with Gasteiger partial charge >= 0.3 is 0 Å². The molecule has 11 aromatic rings. The van der Waals surface area contributed by atoms with Gasteiger partial charge in [0.25, 0.3) is 0 Å². The molecule has 63 heavy (non-hydrogen) atoms. The van der Waals surface area contributed by atoms with Crippen molar-refractivity contribution < 1.29 is 9.15 Å². The molecule has 0 atom stereocenters. The van der Waals surface area contributed by atoms with Crippen molar-refractivity contribution in [2.24, 2.45) is 0 Å². The van der Waals surface area contributed by atoms with Crippen LogP contribution in [0.15, 0.2) is 223 Å². The number of rotatable bonds is 5. The largest absolute Gasteiger partial charge is 0.457 e. The highest BCUT2D eigenvalue weighted by molar-refractivity contribution is 6.08. The van der Waals surface area contributed by atoms with Crippen LogP contribution in [0.25, 0.3) is 89.2 Å². The zero-order valence-corrected chi connectivity index (χ0v) is 34.0. The molecule has 0 fully saturated rings. The topological polar surface area (TPSA) is 48.2 Å². The lowest BCUT2D eigenvalue weighted by molar-refractivity contribution is 0.436. The molecule has 4 nitrogen and oxygen atoms in total. The summed E-state index contributed by atoms with van der Waals surface area (Å²) in [6.07, 6.45) is 0. The molecule has 13 rings (SSSR count). The molecule has 2 aromatic heterocycles. The van der Waals surface area contributed by atoms with Gasteiger partial charge < -0.3 is 9.15 Å². The summed E-state index contributed by atoms with van der Waals surface area (Å²) < 4.78 is 13.3. The predicted molar refractivity (Wildman–Crippen MR) is 254 cm³/mol. The number of hydrogen-bond acceptors (Lipinski definition) is 4. The van der Waals surface area contributed by atoms with Crippen molar-refractivity contribution in [3.8, 4) is 78.8 Å². The van der Waals surface area contributed by atoms with E-state index in [2.05, 4.69) is 176 Å². The van der Waals surface area contributed by atoms with E-state index in [0.29, 0.717) is 5.82 Å². The number of para-hydroxylation sites is 3. The molecule has 294 valence electrons. The summed E-state index contributed by atoms with van der Waals surface area (Å²) in [6.45, 7) is 0. The standard InChI is InChI=1S/C59H36N2O2/c1-3-15-37(16-4-1)52-36-53(61-58(60-52)38-17-5-2-6-18-38)43-22-14-21-41(32-43)39-19-13-20-40(31-39)42-29-30-44-46-34-47-45-23-7-10-26-54(45)62-57(47)35-51(46)59(50(44)33-42)48-24-8-11-27-55(48)63-56-28-12-9-25-49(56)59/h1-36H.